The second-order valence-electron chi connectivity index (χ2n) is 11.8. The van der Waals surface area contributed by atoms with Crippen molar-refractivity contribution in [1.29, 1.82) is 0 Å². The van der Waals surface area contributed by atoms with Crippen molar-refractivity contribution in [1.82, 2.24) is 9.13 Å². The number of aromatic nitrogens is 2. The van der Waals surface area contributed by atoms with Crippen LogP contribution in [0, 0.1) is 0 Å². The molecule has 1 aromatic carbocycles. The van der Waals surface area contributed by atoms with Gasteiger partial charge >= 0.3 is 5.69 Å². The Balaban J connectivity index is 1.25. The molecule has 0 aliphatic carbocycles. The van der Waals surface area contributed by atoms with E-state index in [-0.39, 0.29) is 13.1 Å². The molecule has 1 aromatic heterocycles. The molecule has 14 heteroatoms. The highest BCUT2D eigenvalue weighted by atomic mass is 35.5. The Morgan fingerprint density at radius 2 is 1.29 bits per heavy atom. The smallest absolute Gasteiger partial charge is 0.329 e. The molecule has 4 fully saturated rings. The Morgan fingerprint density at radius 3 is 1.76 bits per heavy atom. The number of benzene rings is 1. The minimum absolute atomic E-state index is 0.116. The lowest BCUT2D eigenvalue weighted by Gasteiger charge is -2.28. The van der Waals surface area contributed by atoms with Crippen LogP contribution in [0.25, 0.3) is 11.0 Å². The van der Waals surface area contributed by atoms with E-state index in [1.54, 1.807) is 45.9 Å². The number of fused-ring (bicyclic) bond motifs is 3. The Labute approximate surface area is 241 Å². The summed E-state index contributed by atoms with van der Waals surface area (Å²) in [6, 6.07) is 4.99. The Hall–Kier alpha value is -1.62. The number of hydrogen-bond donors (Lipinski definition) is 2. The molecule has 2 aromatic rings. The lowest BCUT2D eigenvalue weighted by Crippen LogP contribution is -2.46. The lowest BCUT2D eigenvalue weighted by atomic mass is 10.1. The van der Waals surface area contributed by atoms with Crippen molar-refractivity contribution in [2.45, 2.75) is 114 Å². The van der Waals surface area contributed by atoms with Crippen molar-refractivity contribution < 1.29 is 48.1 Å². The van der Waals surface area contributed by atoms with Crippen molar-refractivity contribution >= 4 is 22.6 Å². The summed E-state index contributed by atoms with van der Waals surface area (Å²) in [6.07, 6.45) is -7.65. The summed E-state index contributed by atoms with van der Waals surface area (Å²) in [4.78, 5) is 13.8. The van der Waals surface area contributed by atoms with E-state index in [9.17, 15) is 15.0 Å². The second-order valence-corrected chi connectivity index (χ2v) is 12.2. The highest BCUT2D eigenvalue weighted by molar-refractivity contribution is 6.31. The summed E-state index contributed by atoms with van der Waals surface area (Å²) in [5, 5.41) is 23.0. The Kier molecular flexibility index (Phi) is 7.56. The largest absolute Gasteiger partial charge is 0.388 e. The number of aliphatic hydroxyl groups excluding tert-OH is 2. The van der Waals surface area contributed by atoms with Crippen molar-refractivity contribution in [2.24, 2.45) is 0 Å². The number of ether oxygens (including phenoxy) is 8. The zero-order valence-electron chi connectivity index (χ0n) is 23.8. The molecular weight excluding hydrogens is 564 g/mol. The first-order valence-electron chi connectivity index (χ1n) is 13.6. The minimum Gasteiger partial charge on any atom is -0.388 e. The van der Waals surface area contributed by atoms with Gasteiger partial charge in [-0.2, -0.15) is 0 Å². The van der Waals surface area contributed by atoms with E-state index in [0.29, 0.717) is 16.1 Å². The van der Waals surface area contributed by atoms with E-state index in [0.717, 1.165) is 0 Å². The summed E-state index contributed by atoms with van der Waals surface area (Å²) < 4.78 is 49.5. The number of methoxy groups -OCH3 is 2. The predicted octanol–water partition coefficient (Wildman–Crippen LogP) is 0.961. The van der Waals surface area contributed by atoms with Gasteiger partial charge in [-0.15, -0.1) is 0 Å². The van der Waals surface area contributed by atoms with Crippen LogP contribution in [-0.2, 0) is 51.0 Å². The van der Waals surface area contributed by atoms with Gasteiger partial charge in [0.2, 0.25) is 0 Å². The van der Waals surface area contributed by atoms with Crippen molar-refractivity contribution in [3.05, 3.63) is 33.7 Å². The normalized spacial score (nSPS) is 37.0. The van der Waals surface area contributed by atoms with Crippen LogP contribution in [-0.4, -0.2) is 107 Å². The molecule has 0 saturated carbocycles. The molecule has 0 spiro atoms. The molecule has 2 N–H and O–H groups in total. The van der Waals surface area contributed by atoms with Gasteiger partial charge in [-0.25, -0.2) is 4.79 Å². The molecule has 10 atom stereocenters. The summed E-state index contributed by atoms with van der Waals surface area (Å²) in [5.41, 5.74) is 0.546. The average molecular weight is 601 g/mol. The maximum atomic E-state index is 13.8. The monoisotopic (exact) mass is 600 g/mol. The molecule has 4 aliphatic rings. The summed E-state index contributed by atoms with van der Waals surface area (Å²) in [7, 11) is 3.02. The summed E-state index contributed by atoms with van der Waals surface area (Å²) in [6.45, 7) is 6.86. The molecule has 4 aliphatic heterocycles. The lowest BCUT2D eigenvalue weighted by molar-refractivity contribution is -0.228. The van der Waals surface area contributed by atoms with Gasteiger partial charge in [-0.05, 0) is 45.9 Å². The third-order valence-electron chi connectivity index (χ3n) is 8.08. The Bertz CT molecular complexity index is 1340. The molecule has 5 heterocycles. The van der Waals surface area contributed by atoms with Gasteiger partial charge in [0.25, 0.3) is 0 Å². The zero-order chi connectivity index (χ0) is 29.4. The number of aliphatic hydroxyl groups is 2. The molecule has 0 unspecified atom stereocenters. The van der Waals surface area contributed by atoms with Gasteiger partial charge in [-0.1, -0.05) is 11.6 Å². The number of nitrogens with zero attached hydrogens (tertiary/aromatic N) is 2. The highest BCUT2D eigenvalue weighted by Crippen LogP contribution is 2.41. The van der Waals surface area contributed by atoms with Crippen LogP contribution in [0.5, 0.6) is 0 Å². The SMILES string of the molecule is CO[C@@H]1[C@@H]2OC(C)(C)O[C@@H]2O[C@@H]1[C@H](O)Cn1c(=O)n(C[C@@H](O)[C@H]2O[C@@H]3OC(C)(C)O[C@@H]3[C@H]2OC)c2cc(Cl)ccc21. The van der Waals surface area contributed by atoms with Crippen LogP contribution >= 0.6 is 11.6 Å². The van der Waals surface area contributed by atoms with E-state index in [2.05, 4.69) is 0 Å². The van der Waals surface area contributed by atoms with Gasteiger partial charge in [0.15, 0.2) is 24.2 Å². The fourth-order valence-electron chi connectivity index (χ4n) is 6.39. The van der Waals surface area contributed by atoms with E-state index in [4.69, 9.17) is 49.5 Å². The van der Waals surface area contributed by atoms with E-state index in [1.807, 2.05) is 0 Å². The van der Waals surface area contributed by atoms with Crippen LogP contribution in [0.4, 0.5) is 0 Å². The molecule has 0 bridgehead atoms. The third-order valence-corrected chi connectivity index (χ3v) is 8.31. The van der Waals surface area contributed by atoms with E-state index >= 15 is 0 Å². The van der Waals surface area contributed by atoms with Gasteiger partial charge < -0.3 is 48.1 Å². The molecule has 13 nitrogen and oxygen atoms in total. The quantitative estimate of drug-likeness (QED) is 0.447. The maximum absolute atomic E-state index is 13.8. The third kappa shape index (κ3) is 5.14. The van der Waals surface area contributed by atoms with Crippen molar-refractivity contribution in [2.75, 3.05) is 14.2 Å². The fourth-order valence-corrected chi connectivity index (χ4v) is 6.56. The molecule has 0 radical (unpaired) electrons. The van der Waals surface area contributed by atoms with Crippen molar-refractivity contribution in [3.63, 3.8) is 0 Å². The van der Waals surface area contributed by atoms with Crippen molar-refractivity contribution in [3.8, 4) is 0 Å². The van der Waals surface area contributed by atoms with E-state index in [1.165, 1.54) is 23.4 Å². The zero-order valence-corrected chi connectivity index (χ0v) is 24.5. The first-order chi connectivity index (χ1) is 19.3. The molecule has 6 rings (SSSR count). The first kappa shape index (κ1) is 29.5. The molecule has 228 valence electrons. The van der Waals surface area contributed by atoms with E-state index < -0.39 is 78.7 Å². The standard InChI is InChI=1S/C27H37ClN2O11/c1-26(2)38-21-19(34-5)17(36-23(21)40-26)15(31)10-29-13-8-7-12(28)9-14(13)30(25(29)33)11-16(32)18-20(35-6)22-24(37-18)41-27(3,4)39-22/h7-9,15-24,31-32H,10-11H2,1-6H3/t15-,16-,17-,18-,19+,20+,21+,22-,23+,24-/m1/s1. The number of imidazole rings is 1. The van der Waals surface area contributed by atoms with Gasteiger partial charge in [0.1, 0.15) is 48.8 Å². The molecular formula is C27H37ClN2O11. The van der Waals surface area contributed by atoms with Crippen LogP contribution in [0.3, 0.4) is 0 Å². The second kappa shape index (κ2) is 10.5. The van der Waals surface area contributed by atoms with Crippen LogP contribution in [0.15, 0.2) is 23.0 Å². The van der Waals surface area contributed by atoms with Gasteiger partial charge in [0.05, 0.1) is 24.1 Å². The molecule has 41 heavy (non-hydrogen) atoms. The number of rotatable bonds is 8. The molecule has 4 saturated heterocycles. The van der Waals surface area contributed by atoms with Crippen LogP contribution < -0.4 is 5.69 Å². The minimum atomic E-state index is -1.16. The predicted molar refractivity (Wildman–Crippen MR) is 142 cm³/mol. The highest BCUT2D eigenvalue weighted by Gasteiger charge is 2.58. The Morgan fingerprint density at radius 1 is 0.829 bits per heavy atom. The molecule has 0 amide bonds. The number of hydrogen-bond acceptors (Lipinski definition) is 11. The fraction of sp³-hybridized carbons (Fsp3) is 0.741. The van der Waals surface area contributed by atoms with Crippen LogP contribution in [0.2, 0.25) is 5.02 Å². The van der Waals surface area contributed by atoms with Crippen LogP contribution in [0.1, 0.15) is 27.7 Å². The van der Waals surface area contributed by atoms with Gasteiger partial charge in [0, 0.05) is 19.2 Å². The average Bonchev–Trinajstić information content (AvgIpc) is 3.63. The summed E-state index contributed by atoms with van der Waals surface area (Å²) >= 11 is 6.30. The van der Waals surface area contributed by atoms with Gasteiger partial charge in [-0.3, -0.25) is 9.13 Å². The number of halogens is 1. The maximum Gasteiger partial charge on any atom is 0.329 e. The summed E-state index contributed by atoms with van der Waals surface area (Å²) in [5.74, 6) is -1.69. The first-order valence-corrected chi connectivity index (χ1v) is 14.0. The topological polar surface area (TPSA) is 141 Å².